The molecule has 0 amide bonds. The molecule has 4 heteroatoms. The topological polar surface area (TPSA) is 37.8 Å². The molecule has 1 heterocycles. The smallest absolute Gasteiger partial charge is 0.0893 e. The summed E-state index contributed by atoms with van der Waals surface area (Å²) in [6, 6.07) is 0.539. The van der Waals surface area contributed by atoms with Crippen LogP contribution in [-0.4, -0.2) is 15.6 Å². The first-order chi connectivity index (χ1) is 6.83. The minimum atomic E-state index is 0.539. The number of nitrogens with zero attached hydrogens (tertiary/aromatic N) is 2. The molecule has 0 bridgehead atoms. The monoisotopic (exact) mass is 211 g/mol. The molecule has 1 rings (SSSR count). The molecule has 0 saturated carbocycles. The van der Waals surface area contributed by atoms with Crippen molar-refractivity contribution in [3.05, 3.63) is 23.7 Å². The van der Waals surface area contributed by atoms with E-state index < -0.39 is 0 Å². The minimum absolute atomic E-state index is 0.539. The highest BCUT2D eigenvalue weighted by Gasteiger charge is 2.01. The van der Waals surface area contributed by atoms with Crippen LogP contribution in [-0.2, 0) is 6.54 Å². The molecule has 0 saturated heterocycles. The van der Waals surface area contributed by atoms with Crippen LogP contribution < -0.4 is 5.32 Å². The van der Waals surface area contributed by atoms with Crippen LogP contribution in [0.25, 0.3) is 0 Å². The Morgan fingerprint density at radius 1 is 1.71 bits per heavy atom. The third-order valence-corrected chi connectivity index (χ3v) is 2.64. The normalized spacial score (nSPS) is 12.6. The van der Waals surface area contributed by atoms with Crippen molar-refractivity contribution in [2.24, 2.45) is 0 Å². The molecule has 0 fully saturated rings. The molecule has 1 unspecified atom stereocenters. The lowest BCUT2D eigenvalue weighted by atomic mass is 10.1. The van der Waals surface area contributed by atoms with Crippen molar-refractivity contribution in [3.63, 3.8) is 0 Å². The standard InChI is InChI=1S/C10H17N3S/c1-3-4-5-6-9(2)11-7-10-8-14-13-12-10/h3,8-9,11H,1,4-7H2,2H3. The molecule has 14 heavy (non-hydrogen) atoms. The second-order valence-corrected chi connectivity index (χ2v) is 4.01. The van der Waals surface area contributed by atoms with E-state index in [1.54, 1.807) is 0 Å². The van der Waals surface area contributed by atoms with Gasteiger partial charge < -0.3 is 5.32 Å². The van der Waals surface area contributed by atoms with Crippen LogP contribution in [0.3, 0.4) is 0 Å². The summed E-state index contributed by atoms with van der Waals surface area (Å²) in [6.07, 6.45) is 5.46. The van der Waals surface area contributed by atoms with E-state index >= 15 is 0 Å². The van der Waals surface area contributed by atoms with Gasteiger partial charge in [0.2, 0.25) is 0 Å². The highest BCUT2D eigenvalue weighted by molar-refractivity contribution is 7.03. The van der Waals surface area contributed by atoms with E-state index in [0.717, 1.165) is 18.7 Å². The Morgan fingerprint density at radius 2 is 2.57 bits per heavy atom. The van der Waals surface area contributed by atoms with Gasteiger partial charge >= 0.3 is 0 Å². The maximum absolute atomic E-state index is 3.97. The van der Waals surface area contributed by atoms with Gasteiger partial charge in [0.05, 0.1) is 5.69 Å². The van der Waals surface area contributed by atoms with E-state index in [1.165, 1.54) is 24.4 Å². The van der Waals surface area contributed by atoms with Crippen molar-refractivity contribution in [3.8, 4) is 0 Å². The average molecular weight is 211 g/mol. The number of unbranched alkanes of at least 4 members (excludes halogenated alkanes) is 1. The van der Waals surface area contributed by atoms with Crippen LogP contribution in [0.15, 0.2) is 18.0 Å². The third kappa shape index (κ3) is 4.48. The average Bonchev–Trinajstić information content (AvgIpc) is 2.68. The van der Waals surface area contributed by atoms with Gasteiger partial charge in [-0.05, 0) is 37.7 Å². The number of nitrogens with one attached hydrogen (secondary N) is 1. The zero-order chi connectivity index (χ0) is 10.2. The molecule has 1 aromatic rings. The highest BCUT2D eigenvalue weighted by Crippen LogP contribution is 2.02. The van der Waals surface area contributed by atoms with E-state index in [-0.39, 0.29) is 0 Å². The van der Waals surface area contributed by atoms with Crippen molar-refractivity contribution in [2.45, 2.75) is 38.8 Å². The minimum Gasteiger partial charge on any atom is -0.309 e. The van der Waals surface area contributed by atoms with Crippen molar-refractivity contribution in [1.82, 2.24) is 14.9 Å². The van der Waals surface area contributed by atoms with E-state index in [9.17, 15) is 0 Å². The molecule has 1 atom stereocenters. The van der Waals surface area contributed by atoms with Gasteiger partial charge in [0.15, 0.2) is 0 Å². The molecule has 0 aliphatic carbocycles. The van der Waals surface area contributed by atoms with E-state index in [1.807, 2.05) is 11.5 Å². The van der Waals surface area contributed by atoms with Crippen molar-refractivity contribution < 1.29 is 0 Å². The maximum atomic E-state index is 3.97. The Bertz CT molecular complexity index is 246. The van der Waals surface area contributed by atoms with Crippen molar-refractivity contribution in [2.75, 3.05) is 0 Å². The fourth-order valence-corrected chi connectivity index (χ4v) is 1.66. The van der Waals surface area contributed by atoms with Gasteiger partial charge in [-0.3, -0.25) is 0 Å². The van der Waals surface area contributed by atoms with Gasteiger partial charge in [0.1, 0.15) is 0 Å². The van der Waals surface area contributed by atoms with E-state index in [2.05, 4.69) is 28.4 Å². The number of hydrogen-bond acceptors (Lipinski definition) is 4. The van der Waals surface area contributed by atoms with Gasteiger partial charge in [-0.2, -0.15) is 0 Å². The molecule has 0 aliphatic heterocycles. The summed E-state index contributed by atoms with van der Waals surface area (Å²) in [4.78, 5) is 0. The van der Waals surface area contributed by atoms with Crippen LogP contribution in [0.5, 0.6) is 0 Å². The summed E-state index contributed by atoms with van der Waals surface area (Å²) in [6.45, 7) is 6.73. The summed E-state index contributed by atoms with van der Waals surface area (Å²) in [5.41, 5.74) is 1.03. The van der Waals surface area contributed by atoms with Crippen LogP contribution in [0.2, 0.25) is 0 Å². The van der Waals surface area contributed by atoms with Gasteiger partial charge in [0, 0.05) is 18.0 Å². The molecule has 3 nitrogen and oxygen atoms in total. The summed E-state index contributed by atoms with van der Waals surface area (Å²) in [7, 11) is 0. The quantitative estimate of drug-likeness (QED) is 0.556. The fraction of sp³-hybridized carbons (Fsp3) is 0.600. The Morgan fingerprint density at radius 3 is 3.21 bits per heavy atom. The number of hydrogen-bond donors (Lipinski definition) is 1. The molecular formula is C10H17N3S. The van der Waals surface area contributed by atoms with Crippen LogP contribution in [0, 0.1) is 0 Å². The Kier molecular flexibility index (Phi) is 5.40. The Balaban J connectivity index is 2.08. The first-order valence-corrected chi connectivity index (χ1v) is 5.76. The van der Waals surface area contributed by atoms with Gasteiger partial charge in [-0.15, -0.1) is 11.7 Å². The van der Waals surface area contributed by atoms with E-state index in [4.69, 9.17) is 0 Å². The van der Waals surface area contributed by atoms with Crippen molar-refractivity contribution in [1.29, 1.82) is 0 Å². The molecule has 1 aromatic heterocycles. The lowest BCUT2D eigenvalue weighted by molar-refractivity contribution is 0.496. The predicted molar refractivity (Wildman–Crippen MR) is 60.3 cm³/mol. The van der Waals surface area contributed by atoms with Crippen LogP contribution in [0.4, 0.5) is 0 Å². The Hall–Kier alpha value is -0.740. The molecule has 0 spiro atoms. The first-order valence-electron chi connectivity index (χ1n) is 4.93. The lowest BCUT2D eigenvalue weighted by Crippen LogP contribution is -2.25. The SMILES string of the molecule is C=CCCCC(C)NCc1csnn1. The maximum Gasteiger partial charge on any atom is 0.0893 e. The fourth-order valence-electron chi connectivity index (χ4n) is 1.21. The second-order valence-electron chi connectivity index (χ2n) is 3.40. The largest absolute Gasteiger partial charge is 0.309 e. The molecule has 78 valence electrons. The number of rotatable bonds is 7. The highest BCUT2D eigenvalue weighted by atomic mass is 32.1. The molecule has 0 radical (unpaired) electrons. The molecular weight excluding hydrogens is 194 g/mol. The zero-order valence-electron chi connectivity index (χ0n) is 8.57. The lowest BCUT2D eigenvalue weighted by Gasteiger charge is -2.11. The van der Waals surface area contributed by atoms with E-state index in [0.29, 0.717) is 6.04 Å². The summed E-state index contributed by atoms with van der Waals surface area (Å²) < 4.78 is 3.81. The third-order valence-electron chi connectivity index (χ3n) is 2.08. The summed E-state index contributed by atoms with van der Waals surface area (Å²) >= 11 is 1.40. The van der Waals surface area contributed by atoms with Gasteiger partial charge in [-0.1, -0.05) is 10.6 Å². The summed E-state index contributed by atoms with van der Waals surface area (Å²) in [5.74, 6) is 0. The van der Waals surface area contributed by atoms with Crippen LogP contribution in [0.1, 0.15) is 31.9 Å². The predicted octanol–water partition coefficient (Wildman–Crippen LogP) is 2.37. The number of allylic oxidation sites excluding steroid dienone is 1. The van der Waals surface area contributed by atoms with Gasteiger partial charge in [-0.25, -0.2) is 0 Å². The zero-order valence-corrected chi connectivity index (χ0v) is 9.39. The molecule has 0 aliphatic rings. The van der Waals surface area contributed by atoms with Gasteiger partial charge in [0.25, 0.3) is 0 Å². The first kappa shape index (κ1) is 11.3. The summed E-state index contributed by atoms with van der Waals surface area (Å²) in [5, 5.41) is 9.36. The molecule has 1 N–H and O–H groups in total. The second kappa shape index (κ2) is 6.68. The molecule has 0 aromatic carbocycles. The Labute approximate surface area is 89.4 Å². The number of aromatic nitrogens is 2. The van der Waals surface area contributed by atoms with Crippen LogP contribution >= 0.6 is 11.5 Å². The van der Waals surface area contributed by atoms with Crippen molar-refractivity contribution >= 4 is 11.5 Å².